The van der Waals surface area contributed by atoms with Gasteiger partial charge < -0.3 is 10.1 Å². The van der Waals surface area contributed by atoms with Crippen molar-refractivity contribution in [3.05, 3.63) is 11.5 Å². The standard InChI is InChI=1S/C21H39NO3S/c1-5-8-9-10-11-12-13-14-15-16-20(23)22-19(21(24)25-6-2)17-18(4)26-7-3/h19H,4-17H2,1-3H3,(H,22,23)/t19-/m1/s1. The van der Waals surface area contributed by atoms with Crippen LogP contribution in [0.25, 0.3) is 0 Å². The molecule has 0 bridgehead atoms. The molecule has 0 unspecified atom stereocenters. The summed E-state index contributed by atoms with van der Waals surface area (Å²) in [6.45, 7) is 10.3. The van der Waals surface area contributed by atoms with E-state index in [1.807, 2.05) is 6.92 Å². The van der Waals surface area contributed by atoms with Gasteiger partial charge in [0.2, 0.25) is 5.91 Å². The molecular weight excluding hydrogens is 346 g/mol. The molecule has 1 atom stereocenters. The zero-order valence-electron chi connectivity index (χ0n) is 17.1. The fourth-order valence-electron chi connectivity index (χ4n) is 2.79. The van der Waals surface area contributed by atoms with Crippen LogP contribution in [0.1, 0.15) is 91.4 Å². The SMILES string of the molecule is C=C(C[C@@H](NC(=O)CCCCCCCCCCC)C(=O)OCC)SCC. The second kappa shape index (κ2) is 17.4. The summed E-state index contributed by atoms with van der Waals surface area (Å²) in [6.07, 6.45) is 11.9. The Bertz CT molecular complexity index is 399. The van der Waals surface area contributed by atoms with Crippen LogP contribution in [0.2, 0.25) is 0 Å². The van der Waals surface area contributed by atoms with Crippen LogP contribution in [0, 0.1) is 0 Å². The van der Waals surface area contributed by atoms with Crippen molar-refractivity contribution in [2.45, 2.75) is 97.4 Å². The molecule has 0 aromatic heterocycles. The first kappa shape index (κ1) is 25.0. The quantitative estimate of drug-likeness (QED) is 0.261. The molecule has 152 valence electrons. The van der Waals surface area contributed by atoms with E-state index < -0.39 is 6.04 Å². The Hall–Kier alpha value is -0.970. The highest BCUT2D eigenvalue weighted by Crippen LogP contribution is 2.19. The van der Waals surface area contributed by atoms with Gasteiger partial charge in [0.1, 0.15) is 6.04 Å². The molecule has 0 heterocycles. The number of thioether (sulfide) groups is 1. The summed E-state index contributed by atoms with van der Waals surface area (Å²) in [6, 6.07) is -0.618. The Morgan fingerprint density at radius 3 is 2.08 bits per heavy atom. The van der Waals surface area contributed by atoms with Crippen molar-refractivity contribution in [1.29, 1.82) is 0 Å². The predicted octanol–water partition coefficient (Wildman–Crippen LogP) is 5.61. The Morgan fingerprint density at radius 1 is 0.962 bits per heavy atom. The summed E-state index contributed by atoms with van der Waals surface area (Å²) < 4.78 is 5.08. The van der Waals surface area contributed by atoms with E-state index in [0.717, 1.165) is 23.5 Å². The maximum Gasteiger partial charge on any atom is 0.328 e. The molecule has 26 heavy (non-hydrogen) atoms. The average molecular weight is 386 g/mol. The van der Waals surface area contributed by atoms with Crippen molar-refractivity contribution >= 4 is 23.6 Å². The lowest BCUT2D eigenvalue weighted by Gasteiger charge is -2.18. The minimum absolute atomic E-state index is 0.0692. The van der Waals surface area contributed by atoms with Gasteiger partial charge in [-0.3, -0.25) is 4.79 Å². The highest BCUT2D eigenvalue weighted by molar-refractivity contribution is 8.03. The zero-order chi connectivity index (χ0) is 19.6. The van der Waals surface area contributed by atoms with Crippen LogP contribution in [-0.2, 0) is 14.3 Å². The molecule has 0 fully saturated rings. The van der Waals surface area contributed by atoms with Gasteiger partial charge in [-0.25, -0.2) is 4.79 Å². The second-order valence-corrected chi connectivity index (χ2v) is 8.07. The van der Waals surface area contributed by atoms with Crippen LogP contribution in [0.5, 0.6) is 0 Å². The number of carbonyl (C=O) groups excluding carboxylic acids is 2. The Kier molecular flexibility index (Phi) is 16.8. The Labute approximate surface area is 164 Å². The molecule has 0 spiro atoms. The molecule has 1 amide bonds. The fraction of sp³-hybridized carbons (Fsp3) is 0.810. The number of esters is 1. The largest absolute Gasteiger partial charge is 0.464 e. The first-order chi connectivity index (χ1) is 12.5. The topological polar surface area (TPSA) is 55.4 Å². The molecule has 1 N–H and O–H groups in total. The number of nitrogens with one attached hydrogen (secondary N) is 1. The number of hydrogen-bond acceptors (Lipinski definition) is 4. The summed E-state index contributed by atoms with van der Waals surface area (Å²) in [7, 11) is 0. The minimum Gasteiger partial charge on any atom is -0.464 e. The maximum atomic E-state index is 12.2. The van der Waals surface area contributed by atoms with Crippen molar-refractivity contribution in [1.82, 2.24) is 5.32 Å². The molecule has 0 aromatic rings. The average Bonchev–Trinajstić information content (AvgIpc) is 2.60. The molecule has 0 radical (unpaired) electrons. The van der Waals surface area contributed by atoms with E-state index in [9.17, 15) is 9.59 Å². The van der Waals surface area contributed by atoms with E-state index in [-0.39, 0.29) is 11.9 Å². The van der Waals surface area contributed by atoms with Crippen molar-refractivity contribution in [3.8, 4) is 0 Å². The van der Waals surface area contributed by atoms with Gasteiger partial charge in [0.05, 0.1) is 6.61 Å². The normalized spacial score (nSPS) is 11.8. The molecular formula is C21H39NO3S. The maximum absolute atomic E-state index is 12.2. The lowest BCUT2D eigenvalue weighted by molar-refractivity contribution is -0.147. The van der Waals surface area contributed by atoms with Crippen LogP contribution >= 0.6 is 11.8 Å². The second-order valence-electron chi connectivity index (χ2n) is 6.63. The lowest BCUT2D eigenvalue weighted by Crippen LogP contribution is -2.42. The first-order valence-corrected chi connectivity index (χ1v) is 11.3. The van der Waals surface area contributed by atoms with Crippen molar-refractivity contribution < 1.29 is 14.3 Å². The van der Waals surface area contributed by atoms with Crippen molar-refractivity contribution in [3.63, 3.8) is 0 Å². The van der Waals surface area contributed by atoms with Gasteiger partial charge in [-0.05, 0) is 24.0 Å². The number of ether oxygens (including phenoxy) is 1. The third kappa shape index (κ3) is 14.2. The highest BCUT2D eigenvalue weighted by atomic mass is 32.2. The third-order valence-electron chi connectivity index (χ3n) is 4.19. The third-order valence-corrected chi connectivity index (χ3v) is 5.06. The van der Waals surface area contributed by atoms with Crippen LogP contribution in [-0.4, -0.2) is 30.3 Å². The van der Waals surface area contributed by atoms with Gasteiger partial charge in [0.15, 0.2) is 0 Å². The van der Waals surface area contributed by atoms with E-state index in [2.05, 4.69) is 18.8 Å². The van der Waals surface area contributed by atoms with Crippen LogP contribution in [0.3, 0.4) is 0 Å². The van der Waals surface area contributed by atoms with E-state index in [1.54, 1.807) is 18.7 Å². The molecule has 0 saturated heterocycles. The van der Waals surface area contributed by atoms with Gasteiger partial charge in [-0.2, -0.15) is 0 Å². The summed E-state index contributed by atoms with van der Waals surface area (Å²) in [5.41, 5.74) is 0. The zero-order valence-corrected chi connectivity index (χ0v) is 17.9. The summed E-state index contributed by atoms with van der Waals surface area (Å²) in [5, 5.41) is 2.83. The van der Waals surface area contributed by atoms with Crippen LogP contribution in [0.4, 0.5) is 0 Å². The number of rotatable bonds is 17. The molecule has 0 aromatic carbocycles. The number of unbranched alkanes of at least 4 members (excludes halogenated alkanes) is 8. The summed E-state index contributed by atoms with van der Waals surface area (Å²) >= 11 is 1.60. The Morgan fingerprint density at radius 2 is 1.54 bits per heavy atom. The molecule has 0 aliphatic carbocycles. The molecule has 0 saturated carbocycles. The molecule has 4 nitrogen and oxygen atoms in total. The molecule has 0 aliphatic heterocycles. The van der Waals surface area contributed by atoms with E-state index in [0.29, 0.717) is 19.4 Å². The van der Waals surface area contributed by atoms with Crippen LogP contribution < -0.4 is 5.32 Å². The minimum atomic E-state index is -0.618. The van der Waals surface area contributed by atoms with Gasteiger partial charge in [-0.15, -0.1) is 11.8 Å². The van der Waals surface area contributed by atoms with Crippen molar-refractivity contribution in [2.24, 2.45) is 0 Å². The van der Waals surface area contributed by atoms with E-state index >= 15 is 0 Å². The monoisotopic (exact) mass is 385 g/mol. The smallest absolute Gasteiger partial charge is 0.328 e. The molecule has 5 heteroatoms. The number of amides is 1. The number of hydrogen-bond donors (Lipinski definition) is 1. The summed E-state index contributed by atoms with van der Waals surface area (Å²) in [5.74, 6) is 0.465. The summed E-state index contributed by atoms with van der Waals surface area (Å²) in [4.78, 5) is 25.1. The first-order valence-electron chi connectivity index (χ1n) is 10.3. The molecule has 0 aliphatic rings. The Balaban J connectivity index is 4.01. The van der Waals surface area contributed by atoms with Gasteiger partial charge in [0, 0.05) is 12.8 Å². The van der Waals surface area contributed by atoms with Crippen molar-refractivity contribution in [2.75, 3.05) is 12.4 Å². The highest BCUT2D eigenvalue weighted by Gasteiger charge is 2.22. The lowest BCUT2D eigenvalue weighted by atomic mass is 10.1. The predicted molar refractivity (Wildman–Crippen MR) is 112 cm³/mol. The van der Waals surface area contributed by atoms with Gasteiger partial charge in [0.25, 0.3) is 0 Å². The van der Waals surface area contributed by atoms with E-state index in [1.165, 1.54) is 44.9 Å². The number of carbonyl (C=O) groups is 2. The van der Waals surface area contributed by atoms with Gasteiger partial charge >= 0.3 is 5.97 Å². The van der Waals surface area contributed by atoms with Crippen LogP contribution in [0.15, 0.2) is 11.5 Å². The fourth-order valence-corrected chi connectivity index (χ4v) is 3.48. The molecule has 0 rings (SSSR count). The van der Waals surface area contributed by atoms with Gasteiger partial charge in [-0.1, -0.05) is 71.8 Å². The van der Waals surface area contributed by atoms with E-state index in [4.69, 9.17) is 4.74 Å².